The number of alkyl halides is 3. The fraction of sp³-hybridized carbons (Fsp3) is 0.413. The smallest absolute Gasteiger partial charge is 0.433 e. The molecule has 518 valence electrons. The molecule has 0 aromatic carbocycles. The van der Waals surface area contributed by atoms with E-state index in [9.17, 15) is 17.6 Å². The molecule has 0 radical (unpaired) electrons. The molecule has 6 N–H and O–H groups in total. The fourth-order valence-electron chi connectivity index (χ4n) is 7.39. The molecule has 0 spiro atoms. The van der Waals surface area contributed by atoms with Gasteiger partial charge < -0.3 is 21.9 Å². The van der Waals surface area contributed by atoms with Crippen LogP contribution in [0, 0.1) is 24.2 Å². The highest BCUT2D eigenvalue weighted by molar-refractivity contribution is 7.98. The molecule has 0 aliphatic carbocycles. The Kier molecular flexibility index (Phi) is 40.2. The summed E-state index contributed by atoms with van der Waals surface area (Å²) in [7, 11) is 1.63. The Morgan fingerprint density at radius 2 is 0.833 bits per heavy atom. The third kappa shape index (κ3) is 36.0. The molecule has 0 saturated heterocycles. The van der Waals surface area contributed by atoms with Crippen LogP contribution in [0.2, 0.25) is 0 Å². The van der Waals surface area contributed by atoms with Crippen molar-refractivity contribution in [1.29, 1.82) is 5.26 Å². The number of methoxy groups -OCH3 is 1. The van der Waals surface area contributed by atoms with Crippen molar-refractivity contribution in [1.82, 2.24) is 54.8 Å². The maximum Gasteiger partial charge on any atom is 0.433 e. The first-order valence-corrected chi connectivity index (χ1v) is 33.1. The van der Waals surface area contributed by atoms with Gasteiger partial charge in [0.1, 0.15) is 34.9 Å². The minimum absolute atomic E-state index is 0.0871. The van der Waals surface area contributed by atoms with Gasteiger partial charge in [0.05, 0.1) is 25.2 Å². The lowest BCUT2D eigenvalue weighted by Crippen LogP contribution is -2.08. The Labute approximate surface area is 573 Å². The van der Waals surface area contributed by atoms with Crippen molar-refractivity contribution in [2.75, 3.05) is 30.6 Å². The van der Waals surface area contributed by atoms with E-state index in [1.807, 2.05) is 126 Å². The summed E-state index contributed by atoms with van der Waals surface area (Å²) in [5.41, 5.74) is 27.1. The third-order valence-electron chi connectivity index (χ3n) is 13.7. The minimum atomic E-state index is -4.34. The van der Waals surface area contributed by atoms with Gasteiger partial charge in [0.15, 0.2) is 5.16 Å². The van der Waals surface area contributed by atoms with Crippen molar-refractivity contribution in [2.24, 2.45) is 0 Å². The number of hydrogen-bond donors (Lipinski definition) is 3. The summed E-state index contributed by atoms with van der Waals surface area (Å²) in [4.78, 5) is 43.0. The standard InChI is InChI=1S/C9H10F3N.C9H10N2.C9H13NO.C9H13N.C8H10FN.C8H12N2S.2C8H12N2.C7H11N3/c1-6(2)7-3-4-13-8(5-7)9(10,11)12;1-7(2)8-3-4-11-9(5-8)6-10;1-7(2)8-4-5-10-9(6-8)11-3;1-7(2)9-4-5-10-8(3)6-9;1-6(2)7-3-4-10-8(9)5-7;1-6(2)7-4-9-8(11-3)10-5-7;1-6(2)7-3-4-10-8(9)5-7;1-6(2)7-3-4-8(9)10-5-7;1-5(2)6-3-10-7(8)4-9-6/h3-6H,1-2H3;3-5,7H,1-2H3;4-7H,1-3H3;4-7H,1-3H3;3-6H,1-2H3;4-6H,1-3H3;2*3-6H,1-2H3,(H2,9,10);3-5H,1-2H3,(H2,8,10). The first kappa shape index (κ1) is 85.0. The van der Waals surface area contributed by atoms with Gasteiger partial charge in [0, 0.05) is 67.5 Å². The predicted molar refractivity (Wildman–Crippen MR) is 387 cm³/mol. The van der Waals surface area contributed by atoms with Crippen LogP contribution >= 0.6 is 11.8 Å². The number of nitrogen functional groups attached to an aromatic ring is 3. The molecule has 9 aromatic rings. The van der Waals surface area contributed by atoms with Gasteiger partial charge in [-0.15, -0.1) is 0 Å². The molecule has 0 amide bonds. The number of anilines is 3. The van der Waals surface area contributed by atoms with Gasteiger partial charge in [0.2, 0.25) is 11.8 Å². The molecule has 9 aromatic heterocycles. The highest BCUT2D eigenvalue weighted by atomic mass is 32.2. The van der Waals surface area contributed by atoms with E-state index in [2.05, 4.69) is 164 Å². The van der Waals surface area contributed by atoms with Gasteiger partial charge in [-0.05, 0) is 184 Å². The predicted octanol–water partition coefficient (Wildman–Crippen LogP) is 19.5. The van der Waals surface area contributed by atoms with Crippen LogP contribution in [0.25, 0.3) is 0 Å². The molecule has 9 rings (SSSR count). The van der Waals surface area contributed by atoms with Crippen LogP contribution in [0.3, 0.4) is 0 Å². The molecule has 21 heteroatoms. The lowest BCUT2D eigenvalue weighted by Gasteiger charge is -2.09. The van der Waals surface area contributed by atoms with Crippen LogP contribution in [0.15, 0.2) is 158 Å². The maximum absolute atomic E-state index is 12.4. The number of ether oxygens (including phenoxy) is 1. The number of aryl methyl sites for hydroxylation is 1. The Morgan fingerprint density at radius 3 is 1.22 bits per heavy atom. The molecule has 0 fully saturated rings. The van der Waals surface area contributed by atoms with Crippen LogP contribution in [-0.4, -0.2) is 68.2 Å². The second-order valence-corrected chi connectivity index (χ2v) is 25.4. The number of thioether (sulfide) groups is 1. The summed E-state index contributed by atoms with van der Waals surface area (Å²) in [6.45, 7) is 39.6. The molecular formula is C75H103F4N15OS. The number of halogens is 4. The average molecular weight is 1340 g/mol. The first-order valence-electron chi connectivity index (χ1n) is 31.9. The normalized spacial score (nSPS) is 10.5. The van der Waals surface area contributed by atoms with Gasteiger partial charge in [-0.25, -0.2) is 39.9 Å². The molecule has 16 nitrogen and oxygen atoms in total. The minimum Gasteiger partial charge on any atom is -0.481 e. The van der Waals surface area contributed by atoms with E-state index in [1.165, 1.54) is 46.3 Å². The van der Waals surface area contributed by atoms with E-state index in [-0.39, 0.29) is 5.92 Å². The second-order valence-electron chi connectivity index (χ2n) is 24.6. The van der Waals surface area contributed by atoms with E-state index < -0.39 is 17.8 Å². The van der Waals surface area contributed by atoms with Crippen LogP contribution in [0.4, 0.5) is 35.0 Å². The van der Waals surface area contributed by atoms with E-state index in [0.717, 1.165) is 33.7 Å². The van der Waals surface area contributed by atoms with Crippen LogP contribution in [0.5, 0.6) is 5.88 Å². The average Bonchev–Trinajstić information content (AvgIpc) is 1.07. The monoisotopic (exact) mass is 1340 g/mol. The fourth-order valence-corrected chi connectivity index (χ4v) is 7.70. The molecule has 0 bridgehead atoms. The summed E-state index contributed by atoms with van der Waals surface area (Å²) in [6, 6.07) is 27.6. The van der Waals surface area contributed by atoms with Gasteiger partial charge in [-0.3, -0.25) is 15.0 Å². The van der Waals surface area contributed by atoms with E-state index in [1.54, 1.807) is 55.9 Å². The Morgan fingerprint density at radius 1 is 0.406 bits per heavy atom. The lowest BCUT2D eigenvalue weighted by molar-refractivity contribution is -0.141. The van der Waals surface area contributed by atoms with Crippen LogP contribution < -0.4 is 21.9 Å². The van der Waals surface area contributed by atoms with Gasteiger partial charge in [0.25, 0.3) is 0 Å². The van der Waals surface area contributed by atoms with Crippen molar-refractivity contribution < 1.29 is 22.3 Å². The topological polar surface area (TPSA) is 253 Å². The number of nitriles is 1. The van der Waals surface area contributed by atoms with Gasteiger partial charge in [-0.1, -0.05) is 142 Å². The summed E-state index contributed by atoms with van der Waals surface area (Å²) >= 11 is 1.57. The zero-order chi connectivity index (χ0) is 72.7. The number of nitrogens with zero attached hydrogens (tertiary/aromatic N) is 12. The number of hydrogen-bond acceptors (Lipinski definition) is 17. The van der Waals surface area contributed by atoms with Crippen molar-refractivity contribution in [2.45, 2.75) is 196 Å². The molecule has 0 aliphatic heterocycles. The summed E-state index contributed by atoms with van der Waals surface area (Å²) in [5.74, 6) is 6.04. The first-order chi connectivity index (χ1) is 45.1. The van der Waals surface area contributed by atoms with Crippen LogP contribution in [-0.2, 0) is 6.18 Å². The highest BCUT2D eigenvalue weighted by Crippen LogP contribution is 2.29. The van der Waals surface area contributed by atoms with Crippen molar-refractivity contribution in [3.63, 3.8) is 0 Å². The molecular weight excluding hydrogens is 1230 g/mol. The molecule has 0 aliphatic rings. The van der Waals surface area contributed by atoms with Crippen molar-refractivity contribution in [3.05, 3.63) is 226 Å². The Bertz CT molecular complexity index is 3430. The van der Waals surface area contributed by atoms with Crippen LogP contribution in [0.1, 0.15) is 245 Å². The van der Waals surface area contributed by atoms with E-state index in [0.29, 0.717) is 81.9 Å². The molecule has 96 heavy (non-hydrogen) atoms. The zero-order valence-corrected chi connectivity index (χ0v) is 60.9. The molecule has 0 atom stereocenters. The van der Waals surface area contributed by atoms with Gasteiger partial charge in [-0.2, -0.15) is 22.8 Å². The Hall–Kier alpha value is -9.03. The number of aromatic nitrogens is 11. The zero-order valence-electron chi connectivity index (χ0n) is 60.1. The number of pyridine rings is 7. The molecule has 0 saturated carbocycles. The molecule has 9 heterocycles. The highest BCUT2D eigenvalue weighted by Gasteiger charge is 2.32. The Balaban J connectivity index is 0.000000541. The van der Waals surface area contributed by atoms with Crippen molar-refractivity contribution in [3.8, 4) is 11.9 Å². The number of nitrogens with two attached hydrogens (primary N) is 3. The number of rotatable bonds is 11. The lowest BCUT2D eigenvalue weighted by atomic mass is 10.0. The van der Waals surface area contributed by atoms with Crippen molar-refractivity contribution >= 4 is 29.2 Å². The largest absolute Gasteiger partial charge is 0.481 e. The molecule has 0 unspecified atom stereocenters. The maximum atomic E-state index is 12.4. The second kappa shape index (κ2) is 45.4. The SMILES string of the molecule is CC(C)c1ccc(N)nc1.CC(C)c1ccnc(C#N)c1.CC(C)c1ccnc(C(F)(F)F)c1.CC(C)c1ccnc(F)c1.CC(C)c1ccnc(N)c1.CC(C)c1cnc(N)cn1.COc1cc(C(C)C)ccn1.CSc1ncc(C(C)C)cn1.Cc1cc(C(C)C)ccn1. The third-order valence-corrected chi connectivity index (χ3v) is 14.3. The summed E-state index contributed by atoms with van der Waals surface area (Å²) < 4.78 is 53.9. The van der Waals surface area contributed by atoms with E-state index in [4.69, 9.17) is 27.2 Å². The summed E-state index contributed by atoms with van der Waals surface area (Å²) in [6.07, 6.45) is 16.3. The van der Waals surface area contributed by atoms with E-state index >= 15 is 0 Å². The van der Waals surface area contributed by atoms with Gasteiger partial charge >= 0.3 is 6.18 Å². The summed E-state index contributed by atoms with van der Waals surface area (Å²) in [5, 5.41) is 9.37. The quantitative estimate of drug-likeness (QED) is 0.0471.